The zero-order valence-corrected chi connectivity index (χ0v) is 32.1. The Balaban J connectivity index is 1.19. The number of thiophene rings is 2. The quantitative estimate of drug-likeness (QED) is 0.133. The van der Waals surface area contributed by atoms with Crippen LogP contribution >= 0.6 is 22.7 Å². The Bertz CT molecular complexity index is 2430. The zero-order valence-electron chi connectivity index (χ0n) is 30.4. The molecule has 0 bridgehead atoms. The molecule has 8 aromatic rings. The Hall–Kier alpha value is -4.24. The van der Waals surface area contributed by atoms with Crippen molar-refractivity contribution < 1.29 is 0 Å². The molecule has 2 heterocycles. The fraction of sp³-hybridized carbons (Fsp3) is 0.265. The van der Waals surface area contributed by atoms with Crippen molar-refractivity contribution in [1.82, 2.24) is 0 Å². The number of aryl methyl sites for hydroxylation is 4. The van der Waals surface area contributed by atoms with Gasteiger partial charge in [-0.25, -0.2) is 0 Å². The molecule has 254 valence electrons. The molecule has 0 nitrogen and oxygen atoms in total. The lowest BCUT2D eigenvalue weighted by atomic mass is 9.93. The topological polar surface area (TPSA) is 0 Å². The Kier molecular flexibility index (Phi) is 8.57. The number of benzene rings is 6. The van der Waals surface area contributed by atoms with Crippen LogP contribution in [0, 0.1) is 0 Å². The van der Waals surface area contributed by atoms with Crippen LogP contribution in [0.25, 0.3) is 73.7 Å². The molecule has 0 atom stereocenters. The molecule has 0 radical (unpaired) electrons. The van der Waals surface area contributed by atoms with Gasteiger partial charge in [-0.1, -0.05) is 89.8 Å². The Morgan fingerprint density at radius 1 is 0.392 bits per heavy atom. The molecule has 0 saturated heterocycles. The molecule has 2 aromatic heterocycles. The van der Waals surface area contributed by atoms with Crippen molar-refractivity contribution in [2.75, 3.05) is 0 Å². The van der Waals surface area contributed by atoms with Crippen molar-refractivity contribution in [1.29, 1.82) is 0 Å². The standard InChI is InChI=1S/C49H46S2/c1-5-9-30-13-19-46-42(21-30)44-25-32(11-7-3)23-40(48(44)50-46)36-17-15-34-27-35-16-18-37(29-39(35)38(34)28-36)41-24-33(12-8-4)26-45-43-22-31(10-6-2)14-20-47(43)51-49(41)45/h13-26,28-29H,5-12,27H2,1-4H3. The lowest BCUT2D eigenvalue weighted by molar-refractivity contribution is 0.923. The van der Waals surface area contributed by atoms with E-state index in [9.17, 15) is 0 Å². The van der Waals surface area contributed by atoms with Gasteiger partial charge in [-0.05, 0) is 160 Å². The Morgan fingerprint density at radius 2 is 0.804 bits per heavy atom. The van der Waals surface area contributed by atoms with E-state index in [0.717, 1.165) is 44.9 Å². The Labute approximate surface area is 310 Å². The van der Waals surface area contributed by atoms with E-state index in [-0.39, 0.29) is 0 Å². The van der Waals surface area contributed by atoms with Gasteiger partial charge in [0.15, 0.2) is 0 Å². The van der Waals surface area contributed by atoms with Crippen molar-refractivity contribution in [2.45, 2.75) is 85.5 Å². The first kappa shape index (κ1) is 32.7. The van der Waals surface area contributed by atoms with Crippen LogP contribution in [0.1, 0.15) is 86.8 Å². The predicted molar refractivity (Wildman–Crippen MR) is 227 cm³/mol. The number of hydrogen-bond acceptors (Lipinski definition) is 2. The molecule has 0 saturated carbocycles. The van der Waals surface area contributed by atoms with Crippen LogP contribution in [0.2, 0.25) is 0 Å². The minimum atomic E-state index is 1.01. The second-order valence-electron chi connectivity index (χ2n) is 14.8. The van der Waals surface area contributed by atoms with Crippen LogP contribution in [0.5, 0.6) is 0 Å². The van der Waals surface area contributed by atoms with Crippen molar-refractivity contribution >= 4 is 63.0 Å². The van der Waals surface area contributed by atoms with Crippen molar-refractivity contribution in [3.63, 3.8) is 0 Å². The average Bonchev–Trinajstić information content (AvgIpc) is 3.82. The highest BCUT2D eigenvalue weighted by Crippen LogP contribution is 2.47. The molecule has 51 heavy (non-hydrogen) atoms. The molecule has 0 spiro atoms. The van der Waals surface area contributed by atoms with E-state index in [0.29, 0.717) is 0 Å². The van der Waals surface area contributed by atoms with E-state index in [4.69, 9.17) is 0 Å². The second kappa shape index (κ2) is 13.4. The molecule has 0 unspecified atom stereocenters. The first-order valence-corrected chi connectivity index (χ1v) is 20.9. The van der Waals surface area contributed by atoms with Crippen LogP contribution in [-0.4, -0.2) is 0 Å². The fourth-order valence-corrected chi connectivity index (χ4v) is 11.1. The molecular weight excluding hydrogens is 653 g/mol. The van der Waals surface area contributed by atoms with Gasteiger partial charge < -0.3 is 0 Å². The maximum atomic E-state index is 2.51. The predicted octanol–water partition coefficient (Wildman–Crippen LogP) is 15.1. The summed E-state index contributed by atoms with van der Waals surface area (Å²) < 4.78 is 5.64. The van der Waals surface area contributed by atoms with E-state index in [1.807, 2.05) is 22.7 Å². The van der Waals surface area contributed by atoms with Crippen molar-refractivity contribution in [3.8, 4) is 33.4 Å². The van der Waals surface area contributed by atoms with Crippen LogP contribution in [0.4, 0.5) is 0 Å². The summed E-state index contributed by atoms with van der Waals surface area (Å²) in [5.41, 5.74) is 17.0. The molecule has 0 aliphatic heterocycles. The third-order valence-electron chi connectivity index (χ3n) is 11.1. The molecular formula is C49H46S2. The third-order valence-corrected chi connectivity index (χ3v) is 13.5. The molecule has 0 fully saturated rings. The third kappa shape index (κ3) is 5.72. The summed E-state index contributed by atoms with van der Waals surface area (Å²) in [5, 5.41) is 5.71. The highest BCUT2D eigenvalue weighted by molar-refractivity contribution is 7.26. The minimum Gasteiger partial charge on any atom is -0.135 e. The normalized spacial score (nSPS) is 12.5. The highest BCUT2D eigenvalue weighted by Gasteiger charge is 2.22. The van der Waals surface area contributed by atoms with Crippen LogP contribution < -0.4 is 0 Å². The lowest BCUT2D eigenvalue weighted by Crippen LogP contribution is -1.89. The minimum absolute atomic E-state index is 1.01. The van der Waals surface area contributed by atoms with Crippen molar-refractivity contribution in [2.24, 2.45) is 0 Å². The second-order valence-corrected chi connectivity index (χ2v) is 16.9. The van der Waals surface area contributed by atoms with E-state index < -0.39 is 0 Å². The average molecular weight is 699 g/mol. The van der Waals surface area contributed by atoms with E-state index in [1.165, 1.54) is 120 Å². The zero-order chi connectivity index (χ0) is 34.6. The maximum absolute atomic E-state index is 2.51. The van der Waals surface area contributed by atoms with Gasteiger partial charge in [-0.2, -0.15) is 0 Å². The number of hydrogen-bond donors (Lipinski definition) is 0. The fourth-order valence-electron chi connectivity index (χ4n) is 8.66. The molecule has 0 amide bonds. The summed E-state index contributed by atoms with van der Waals surface area (Å²) in [6.07, 6.45) is 10.2. The largest absolute Gasteiger partial charge is 0.135 e. The van der Waals surface area contributed by atoms with Gasteiger partial charge in [0, 0.05) is 40.3 Å². The molecule has 1 aliphatic carbocycles. The number of fused-ring (bicyclic) bond motifs is 9. The smallest absolute Gasteiger partial charge is 0.0434 e. The van der Waals surface area contributed by atoms with Crippen molar-refractivity contribution in [3.05, 3.63) is 130 Å². The van der Waals surface area contributed by atoms with Gasteiger partial charge in [0.25, 0.3) is 0 Å². The SMILES string of the molecule is CCCc1ccc2sc3c(-c4ccc5c(c4)-c4cc(-c6cc(CCC)cc7c6sc6ccc(CCC)cc67)ccc4C5)cc(CCC)cc3c2c1. The molecule has 9 rings (SSSR count). The van der Waals surface area contributed by atoms with Crippen LogP contribution in [0.3, 0.4) is 0 Å². The number of rotatable bonds is 10. The van der Waals surface area contributed by atoms with Gasteiger partial charge in [-0.3, -0.25) is 0 Å². The lowest BCUT2D eigenvalue weighted by Gasteiger charge is -2.12. The summed E-state index contributed by atoms with van der Waals surface area (Å²) in [4.78, 5) is 0. The maximum Gasteiger partial charge on any atom is 0.0434 e. The molecule has 2 heteroatoms. The summed E-state index contributed by atoms with van der Waals surface area (Å²) in [7, 11) is 0. The molecule has 0 N–H and O–H groups in total. The van der Waals surface area contributed by atoms with Gasteiger partial charge in [-0.15, -0.1) is 22.7 Å². The van der Waals surface area contributed by atoms with E-state index >= 15 is 0 Å². The summed E-state index contributed by atoms with van der Waals surface area (Å²) >= 11 is 3.94. The van der Waals surface area contributed by atoms with Gasteiger partial charge in [0.2, 0.25) is 0 Å². The van der Waals surface area contributed by atoms with Gasteiger partial charge >= 0.3 is 0 Å². The first-order valence-electron chi connectivity index (χ1n) is 19.3. The van der Waals surface area contributed by atoms with Gasteiger partial charge in [0.1, 0.15) is 0 Å². The summed E-state index contributed by atoms with van der Waals surface area (Å²) in [6, 6.07) is 38.9. The van der Waals surface area contributed by atoms with E-state index in [2.05, 4.69) is 125 Å². The summed E-state index contributed by atoms with van der Waals surface area (Å²) in [5.74, 6) is 0. The highest BCUT2D eigenvalue weighted by atomic mass is 32.1. The van der Waals surface area contributed by atoms with Crippen LogP contribution in [-0.2, 0) is 32.1 Å². The Morgan fingerprint density at radius 3 is 1.24 bits per heavy atom. The monoisotopic (exact) mass is 698 g/mol. The molecule has 6 aromatic carbocycles. The van der Waals surface area contributed by atoms with Gasteiger partial charge in [0.05, 0.1) is 0 Å². The molecule has 1 aliphatic rings. The summed E-state index contributed by atoms with van der Waals surface area (Å²) in [6.45, 7) is 9.15. The van der Waals surface area contributed by atoms with Crippen LogP contribution in [0.15, 0.2) is 97.1 Å². The van der Waals surface area contributed by atoms with E-state index in [1.54, 1.807) is 0 Å². The first-order chi connectivity index (χ1) is 25.0.